The number of ether oxygens (including phenoxy) is 1. The smallest absolute Gasteiger partial charge is 0.263 e. The van der Waals surface area contributed by atoms with E-state index < -0.39 is 6.04 Å². The number of nitrogens with zero attached hydrogens (tertiary/aromatic N) is 2. The summed E-state index contributed by atoms with van der Waals surface area (Å²) in [5.74, 6) is 0.380. The summed E-state index contributed by atoms with van der Waals surface area (Å²) >= 11 is 7.37. The first-order valence-electron chi connectivity index (χ1n) is 9.17. The minimum atomic E-state index is -0.741. The second-order valence-electron chi connectivity index (χ2n) is 6.69. The maximum atomic E-state index is 13.2. The molecule has 8 heteroatoms. The molecule has 0 spiro atoms. The summed E-state index contributed by atoms with van der Waals surface area (Å²) in [5.41, 5.74) is 2.01. The van der Waals surface area contributed by atoms with E-state index >= 15 is 0 Å². The first-order valence-corrected chi connectivity index (χ1v) is 10.4. The molecular formula is C22H18ClN3O3S. The van der Waals surface area contributed by atoms with Crippen LogP contribution in [0.25, 0.3) is 21.3 Å². The Kier molecular flexibility index (Phi) is 5.57. The van der Waals surface area contributed by atoms with Crippen molar-refractivity contribution in [2.24, 2.45) is 0 Å². The first-order chi connectivity index (χ1) is 14.5. The summed E-state index contributed by atoms with van der Waals surface area (Å²) in [6.07, 6.45) is 1.42. The van der Waals surface area contributed by atoms with Crippen LogP contribution in [0, 0.1) is 0 Å². The molecule has 0 saturated heterocycles. The number of carbonyl (C=O) groups excluding carboxylic acids is 1. The molecule has 0 saturated carbocycles. The summed E-state index contributed by atoms with van der Waals surface area (Å²) < 4.78 is 6.48. The molecule has 0 fully saturated rings. The lowest BCUT2D eigenvalue weighted by molar-refractivity contribution is -0.118. The zero-order chi connectivity index (χ0) is 21.3. The molecule has 1 N–H and O–H groups in total. The topological polar surface area (TPSA) is 73.2 Å². The number of amides is 1. The molecule has 0 aliphatic carbocycles. The lowest BCUT2D eigenvalue weighted by Crippen LogP contribution is -2.31. The molecule has 4 aromatic rings. The lowest BCUT2D eigenvalue weighted by atomic mass is 10.1. The highest BCUT2D eigenvalue weighted by Crippen LogP contribution is 2.31. The second-order valence-corrected chi connectivity index (χ2v) is 7.98. The normalized spacial score (nSPS) is 12.0. The average Bonchev–Trinajstić information content (AvgIpc) is 3.19. The van der Waals surface area contributed by atoms with Gasteiger partial charge in [-0.25, -0.2) is 4.98 Å². The third-order valence-electron chi connectivity index (χ3n) is 4.83. The summed E-state index contributed by atoms with van der Waals surface area (Å²) in [6, 6.07) is 13.5. The van der Waals surface area contributed by atoms with E-state index in [0.29, 0.717) is 26.7 Å². The summed E-state index contributed by atoms with van der Waals surface area (Å²) in [4.78, 5) is 31.0. The number of halogens is 1. The van der Waals surface area contributed by atoms with Gasteiger partial charge in [0.25, 0.3) is 5.56 Å². The molecule has 1 amide bonds. The number of fused-ring (bicyclic) bond motifs is 1. The van der Waals surface area contributed by atoms with E-state index in [9.17, 15) is 9.59 Å². The van der Waals surface area contributed by atoms with Crippen molar-refractivity contribution in [3.05, 3.63) is 75.6 Å². The largest absolute Gasteiger partial charge is 0.497 e. The Morgan fingerprint density at radius 3 is 2.53 bits per heavy atom. The number of benzene rings is 2. The Balaban J connectivity index is 1.67. The van der Waals surface area contributed by atoms with Crippen LogP contribution in [0.4, 0.5) is 5.69 Å². The fourth-order valence-electron chi connectivity index (χ4n) is 3.11. The minimum Gasteiger partial charge on any atom is -0.497 e. The predicted molar refractivity (Wildman–Crippen MR) is 121 cm³/mol. The van der Waals surface area contributed by atoms with Crippen LogP contribution >= 0.6 is 22.9 Å². The highest BCUT2D eigenvalue weighted by Gasteiger charge is 2.20. The van der Waals surface area contributed by atoms with Crippen molar-refractivity contribution in [1.29, 1.82) is 0 Å². The molecule has 0 bridgehead atoms. The van der Waals surface area contributed by atoms with E-state index in [1.807, 2.05) is 17.5 Å². The van der Waals surface area contributed by atoms with Crippen LogP contribution in [-0.2, 0) is 4.79 Å². The number of thiophene rings is 1. The maximum Gasteiger partial charge on any atom is 0.263 e. The lowest BCUT2D eigenvalue weighted by Gasteiger charge is -2.15. The fraction of sp³-hybridized carbons (Fsp3) is 0.136. The molecule has 2 aromatic carbocycles. The van der Waals surface area contributed by atoms with Gasteiger partial charge in [0.2, 0.25) is 5.91 Å². The molecule has 0 aliphatic rings. The maximum absolute atomic E-state index is 13.2. The molecule has 0 radical (unpaired) electrons. The highest BCUT2D eigenvalue weighted by atomic mass is 35.5. The average molecular weight is 440 g/mol. The van der Waals surface area contributed by atoms with Crippen molar-refractivity contribution in [3.8, 4) is 16.9 Å². The zero-order valence-corrected chi connectivity index (χ0v) is 17.8. The Labute approximate surface area is 181 Å². The SMILES string of the molecule is COc1ccc(NC(=O)C(C)n2cnc3scc(-c4ccc(Cl)cc4)c3c2=O)cc1. The quantitative estimate of drug-likeness (QED) is 0.475. The van der Waals surface area contributed by atoms with E-state index in [1.54, 1.807) is 50.4 Å². The van der Waals surface area contributed by atoms with Crippen LogP contribution in [0.1, 0.15) is 13.0 Å². The molecule has 6 nitrogen and oxygen atoms in total. The first kappa shape index (κ1) is 20.1. The number of anilines is 1. The van der Waals surface area contributed by atoms with Crippen molar-refractivity contribution >= 4 is 44.7 Å². The molecule has 152 valence electrons. The molecule has 1 unspecified atom stereocenters. The number of rotatable bonds is 5. The van der Waals surface area contributed by atoms with Gasteiger partial charge in [-0.3, -0.25) is 14.2 Å². The van der Waals surface area contributed by atoms with Crippen LogP contribution in [0.15, 0.2) is 65.0 Å². The monoisotopic (exact) mass is 439 g/mol. The van der Waals surface area contributed by atoms with E-state index in [-0.39, 0.29) is 11.5 Å². The van der Waals surface area contributed by atoms with Crippen LogP contribution in [0.2, 0.25) is 5.02 Å². The zero-order valence-electron chi connectivity index (χ0n) is 16.3. The number of carbonyl (C=O) groups is 1. The fourth-order valence-corrected chi connectivity index (χ4v) is 4.14. The van der Waals surface area contributed by atoms with Gasteiger partial charge >= 0.3 is 0 Å². The van der Waals surface area contributed by atoms with Crippen molar-refractivity contribution in [1.82, 2.24) is 9.55 Å². The molecular weight excluding hydrogens is 422 g/mol. The summed E-state index contributed by atoms with van der Waals surface area (Å²) in [7, 11) is 1.58. The molecule has 2 aromatic heterocycles. The van der Waals surface area contributed by atoms with Crippen molar-refractivity contribution < 1.29 is 9.53 Å². The van der Waals surface area contributed by atoms with Gasteiger partial charge in [-0.2, -0.15) is 0 Å². The van der Waals surface area contributed by atoms with Crippen molar-refractivity contribution in [3.63, 3.8) is 0 Å². The van der Waals surface area contributed by atoms with Crippen LogP contribution in [0.5, 0.6) is 5.75 Å². The Morgan fingerprint density at radius 2 is 1.87 bits per heavy atom. The molecule has 30 heavy (non-hydrogen) atoms. The standard InChI is InChI=1S/C22H18ClN3O3S/c1-13(20(27)25-16-7-9-17(29-2)10-8-16)26-12-24-21-19(22(26)28)18(11-30-21)14-3-5-15(23)6-4-14/h3-13H,1-2H3,(H,25,27). The van der Waals surface area contributed by atoms with Gasteiger partial charge in [-0.15, -0.1) is 11.3 Å². The predicted octanol–water partition coefficient (Wildman–Crippen LogP) is 4.99. The van der Waals surface area contributed by atoms with E-state index in [2.05, 4.69) is 10.3 Å². The summed E-state index contributed by atoms with van der Waals surface area (Å²) in [5, 5.41) is 5.83. The van der Waals surface area contributed by atoms with Gasteiger partial charge in [0, 0.05) is 21.7 Å². The number of nitrogens with one attached hydrogen (secondary N) is 1. The van der Waals surface area contributed by atoms with Crippen molar-refractivity contribution in [2.75, 3.05) is 12.4 Å². The Hall–Kier alpha value is -3.16. The van der Waals surface area contributed by atoms with Crippen LogP contribution in [0.3, 0.4) is 0 Å². The van der Waals surface area contributed by atoms with Crippen molar-refractivity contribution in [2.45, 2.75) is 13.0 Å². The molecule has 2 heterocycles. The van der Waals surface area contributed by atoms with Gasteiger partial charge in [-0.1, -0.05) is 23.7 Å². The number of hydrogen-bond donors (Lipinski definition) is 1. The Bertz CT molecular complexity index is 1260. The van der Waals surface area contributed by atoms with Gasteiger partial charge < -0.3 is 10.1 Å². The number of methoxy groups -OCH3 is 1. The molecule has 1 atom stereocenters. The third kappa shape index (κ3) is 3.81. The van der Waals surface area contributed by atoms with Gasteiger partial charge in [0.1, 0.15) is 16.6 Å². The van der Waals surface area contributed by atoms with E-state index in [1.165, 1.54) is 22.2 Å². The van der Waals surface area contributed by atoms with E-state index in [0.717, 1.165) is 11.1 Å². The van der Waals surface area contributed by atoms with Crippen LogP contribution < -0.4 is 15.6 Å². The summed E-state index contributed by atoms with van der Waals surface area (Å²) in [6.45, 7) is 1.67. The number of hydrogen-bond acceptors (Lipinski definition) is 5. The van der Waals surface area contributed by atoms with Gasteiger partial charge in [0.15, 0.2) is 0 Å². The number of aromatic nitrogens is 2. The minimum absolute atomic E-state index is 0.261. The highest BCUT2D eigenvalue weighted by molar-refractivity contribution is 7.17. The molecule has 4 rings (SSSR count). The second kappa shape index (κ2) is 8.30. The van der Waals surface area contributed by atoms with Gasteiger partial charge in [0.05, 0.1) is 18.8 Å². The third-order valence-corrected chi connectivity index (χ3v) is 5.97. The molecule has 0 aliphatic heterocycles. The van der Waals surface area contributed by atoms with E-state index in [4.69, 9.17) is 16.3 Å². The Morgan fingerprint density at radius 1 is 1.17 bits per heavy atom. The van der Waals surface area contributed by atoms with Gasteiger partial charge in [-0.05, 0) is 48.9 Å². The van der Waals surface area contributed by atoms with Crippen LogP contribution in [-0.4, -0.2) is 22.6 Å².